The van der Waals surface area contributed by atoms with E-state index in [1.54, 1.807) is 18.4 Å². The summed E-state index contributed by atoms with van der Waals surface area (Å²) in [7, 11) is 1.66. The summed E-state index contributed by atoms with van der Waals surface area (Å²) in [4.78, 5) is 11.0. The predicted octanol–water partition coefficient (Wildman–Crippen LogP) is 5.05. The fourth-order valence-corrected chi connectivity index (χ4v) is 4.09. The number of aryl methyl sites for hydroxylation is 1. The number of hydrogen-bond donors (Lipinski definition) is 0. The van der Waals surface area contributed by atoms with Crippen LogP contribution in [0.1, 0.15) is 4.88 Å². The van der Waals surface area contributed by atoms with E-state index in [9.17, 15) is 0 Å². The van der Waals surface area contributed by atoms with Crippen molar-refractivity contribution in [2.45, 2.75) is 12.1 Å². The molecular formula is C15H13ClN2OS2. The molecule has 3 aromatic rings. The molecule has 0 radical (unpaired) electrons. The summed E-state index contributed by atoms with van der Waals surface area (Å²) >= 11 is 9.53. The summed E-state index contributed by atoms with van der Waals surface area (Å²) in [5.41, 5.74) is 2.21. The quantitative estimate of drug-likeness (QED) is 0.381. The van der Waals surface area contributed by atoms with Gasteiger partial charge in [0.2, 0.25) is 0 Å². The molecule has 0 bridgehead atoms. The molecule has 0 amide bonds. The molecule has 0 unspecified atom stereocenters. The van der Waals surface area contributed by atoms with Crippen molar-refractivity contribution >= 4 is 44.9 Å². The third kappa shape index (κ3) is 2.61. The molecule has 3 nitrogen and oxygen atoms in total. The van der Waals surface area contributed by atoms with Crippen molar-refractivity contribution in [1.29, 1.82) is 0 Å². The molecule has 0 saturated heterocycles. The van der Waals surface area contributed by atoms with E-state index >= 15 is 0 Å². The van der Waals surface area contributed by atoms with Gasteiger partial charge in [0, 0.05) is 10.4 Å². The van der Waals surface area contributed by atoms with E-state index in [1.165, 1.54) is 16.6 Å². The Bertz CT molecular complexity index is 800. The van der Waals surface area contributed by atoms with E-state index in [2.05, 4.69) is 16.9 Å². The number of benzene rings is 1. The molecule has 0 atom stereocenters. The lowest BCUT2D eigenvalue weighted by atomic mass is 10.0. The van der Waals surface area contributed by atoms with Gasteiger partial charge in [-0.3, -0.25) is 0 Å². The number of fused-ring (bicyclic) bond motifs is 1. The van der Waals surface area contributed by atoms with Gasteiger partial charge in [-0.1, -0.05) is 35.5 Å². The van der Waals surface area contributed by atoms with Crippen LogP contribution in [-0.4, -0.2) is 23.3 Å². The van der Waals surface area contributed by atoms with Crippen LogP contribution in [0, 0.1) is 6.92 Å². The van der Waals surface area contributed by atoms with Gasteiger partial charge in [0.25, 0.3) is 0 Å². The normalized spacial score (nSPS) is 11.0. The Hall–Kier alpha value is -1.30. The van der Waals surface area contributed by atoms with Gasteiger partial charge in [0.05, 0.1) is 12.5 Å². The second-order valence-corrected chi connectivity index (χ2v) is 6.78. The van der Waals surface area contributed by atoms with Crippen molar-refractivity contribution in [2.24, 2.45) is 0 Å². The van der Waals surface area contributed by atoms with Gasteiger partial charge in [-0.15, -0.1) is 11.3 Å². The Kier molecular flexibility index (Phi) is 4.06. The minimum atomic E-state index is 0.513. The Morgan fingerprint density at radius 2 is 1.90 bits per heavy atom. The van der Waals surface area contributed by atoms with Gasteiger partial charge in [0.1, 0.15) is 15.7 Å². The molecule has 0 N–H and O–H groups in total. The van der Waals surface area contributed by atoms with E-state index in [0.29, 0.717) is 10.3 Å². The average molecular weight is 337 g/mol. The molecule has 1 aromatic carbocycles. The number of ether oxygens (including phenoxy) is 1. The summed E-state index contributed by atoms with van der Waals surface area (Å²) in [6.07, 6.45) is 1.95. The standard InChI is InChI=1S/C15H13ClN2OS2/c1-8-11(9-4-6-10(19-2)7-5-9)12-13(16)17-15(20-3)18-14(12)21-8/h4-7H,1-3H3. The van der Waals surface area contributed by atoms with Crippen molar-refractivity contribution in [3.63, 3.8) is 0 Å². The lowest BCUT2D eigenvalue weighted by Gasteiger charge is -2.05. The third-order valence-corrected chi connectivity index (χ3v) is 5.04. The van der Waals surface area contributed by atoms with Gasteiger partial charge in [-0.05, 0) is 30.9 Å². The summed E-state index contributed by atoms with van der Waals surface area (Å²) in [5.74, 6) is 0.836. The molecule has 0 aliphatic rings. The minimum absolute atomic E-state index is 0.513. The number of rotatable bonds is 3. The molecule has 2 aromatic heterocycles. The molecule has 6 heteroatoms. The highest BCUT2D eigenvalue weighted by Crippen LogP contribution is 2.41. The molecule has 108 valence electrons. The zero-order valence-corrected chi connectivity index (χ0v) is 14.2. The zero-order valence-electron chi connectivity index (χ0n) is 11.8. The van der Waals surface area contributed by atoms with Gasteiger partial charge in [-0.25, -0.2) is 9.97 Å². The van der Waals surface area contributed by atoms with Crippen LogP contribution in [-0.2, 0) is 0 Å². The fourth-order valence-electron chi connectivity index (χ4n) is 2.25. The number of nitrogens with zero attached hydrogens (tertiary/aromatic N) is 2. The molecule has 0 saturated carbocycles. The maximum Gasteiger partial charge on any atom is 0.190 e. The smallest absolute Gasteiger partial charge is 0.190 e. The Balaban J connectivity index is 2.23. The van der Waals surface area contributed by atoms with Crippen LogP contribution in [0.25, 0.3) is 21.3 Å². The van der Waals surface area contributed by atoms with Crippen LogP contribution in [0.4, 0.5) is 0 Å². The van der Waals surface area contributed by atoms with E-state index < -0.39 is 0 Å². The Morgan fingerprint density at radius 3 is 2.52 bits per heavy atom. The predicted molar refractivity (Wildman–Crippen MR) is 90.9 cm³/mol. The van der Waals surface area contributed by atoms with E-state index in [1.807, 2.05) is 30.5 Å². The molecule has 21 heavy (non-hydrogen) atoms. The van der Waals surface area contributed by atoms with Gasteiger partial charge >= 0.3 is 0 Å². The number of aromatic nitrogens is 2. The van der Waals surface area contributed by atoms with Crippen molar-refractivity contribution in [1.82, 2.24) is 9.97 Å². The first-order chi connectivity index (χ1) is 10.1. The Morgan fingerprint density at radius 1 is 1.19 bits per heavy atom. The number of methoxy groups -OCH3 is 1. The number of thioether (sulfide) groups is 1. The molecular weight excluding hydrogens is 324 g/mol. The monoisotopic (exact) mass is 336 g/mol. The highest BCUT2D eigenvalue weighted by Gasteiger charge is 2.17. The van der Waals surface area contributed by atoms with Crippen molar-refractivity contribution < 1.29 is 4.74 Å². The van der Waals surface area contributed by atoms with Crippen molar-refractivity contribution in [3.05, 3.63) is 34.3 Å². The van der Waals surface area contributed by atoms with Crippen LogP contribution >= 0.6 is 34.7 Å². The number of halogens is 1. The maximum absolute atomic E-state index is 6.39. The zero-order chi connectivity index (χ0) is 15.0. The molecule has 0 spiro atoms. The summed E-state index contributed by atoms with van der Waals surface area (Å²) in [5, 5.41) is 2.15. The first-order valence-electron chi connectivity index (χ1n) is 6.29. The summed E-state index contributed by atoms with van der Waals surface area (Å²) < 4.78 is 5.21. The maximum atomic E-state index is 6.39. The lowest BCUT2D eigenvalue weighted by Crippen LogP contribution is -1.88. The van der Waals surface area contributed by atoms with Crippen molar-refractivity contribution in [2.75, 3.05) is 13.4 Å². The molecule has 2 heterocycles. The van der Waals surface area contributed by atoms with E-state index in [0.717, 1.165) is 27.1 Å². The lowest BCUT2D eigenvalue weighted by molar-refractivity contribution is 0.415. The SMILES string of the molecule is COc1ccc(-c2c(C)sc3nc(SC)nc(Cl)c23)cc1. The third-order valence-electron chi connectivity index (χ3n) is 3.22. The van der Waals surface area contributed by atoms with Gasteiger partial charge in [-0.2, -0.15) is 0 Å². The molecule has 3 rings (SSSR count). The molecule has 0 fully saturated rings. The van der Waals surface area contributed by atoms with Crippen LogP contribution < -0.4 is 4.74 Å². The van der Waals surface area contributed by atoms with Gasteiger partial charge in [0.15, 0.2) is 5.16 Å². The van der Waals surface area contributed by atoms with Crippen molar-refractivity contribution in [3.8, 4) is 16.9 Å². The fraction of sp³-hybridized carbons (Fsp3) is 0.200. The van der Waals surface area contributed by atoms with E-state index in [4.69, 9.17) is 16.3 Å². The van der Waals surface area contributed by atoms with Crippen LogP contribution in [0.5, 0.6) is 5.75 Å². The Labute approximate surface area is 136 Å². The number of hydrogen-bond acceptors (Lipinski definition) is 5. The number of thiophene rings is 1. The molecule has 0 aliphatic heterocycles. The van der Waals surface area contributed by atoms with Crippen LogP contribution in [0.2, 0.25) is 5.15 Å². The highest BCUT2D eigenvalue weighted by molar-refractivity contribution is 7.98. The summed E-state index contributed by atoms with van der Waals surface area (Å²) in [6, 6.07) is 7.96. The average Bonchev–Trinajstić information content (AvgIpc) is 2.83. The summed E-state index contributed by atoms with van der Waals surface area (Å²) in [6.45, 7) is 2.08. The second-order valence-electron chi connectivity index (χ2n) is 4.44. The van der Waals surface area contributed by atoms with Crippen LogP contribution in [0.3, 0.4) is 0 Å². The van der Waals surface area contributed by atoms with E-state index in [-0.39, 0.29) is 0 Å². The van der Waals surface area contributed by atoms with Crippen LogP contribution in [0.15, 0.2) is 29.4 Å². The molecule has 0 aliphatic carbocycles. The minimum Gasteiger partial charge on any atom is -0.497 e. The topological polar surface area (TPSA) is 35.0 Å². The first-order valence-corrected chi connectivity index (χ1v) is 8.71. The second kappa shape index (κ2) is 5.83. The largest absolute Gasteiger partial charge is 0.497 e. The highest BCUT2D eigenvalue weighted by atomic mass is 35.5. The van der Waals surface area contributed by atoms with Gasteiger partial charge < -0.3 is 4.74 Å². The first kappa shape index (κ1) is 14.6.